The van der Waals surface area contributed by atoms with Crippen molar-refractivity contribution in [2.45, 2.75) is 32.4 Å². The number of fused-ring (bicyclic) bond motifs is 1. The fraction of sp³-hybridized carbons (Fsp3) is 0.353. The van der Waals surface area contributed by atoms with Crippen LogP contribution in [0, 0.1) is 0 Å². The number of aromatic nitrogens is 3. The van der Waals surface area contributed by atoms with Crippen LogP contribution in [0.2, 0.25) is 0 Å². The van der Waals surface area contributed by atoms with E-state index in [0.29, 0.717) is 12.5 Å². The Morgan fingerprint density at radius 3 is 3.00 bits per heavy atom. The normalized spacial score (nSPS) is 12.9. The van der Waals surface area contributed by atoms with Crippen LogP contribution < -0.4 is 4.74 Å². The molecule has 0 radical (unpaired) electrons. The van der Waals surface area contributed by atoms with Crippen molar-refractivity contribution < 1.29 is 9.84 Å². The summed E-state index contributed by atoms with van der Waals surface area (Å²) in [5, 5.41) is 11.3. The molecule has 0 saturated heterocycles. The van der Waals surface area contributed by atoms with Gasteiger partial charge in [-0.1, -0.05) is 19.9 Å². The monoisotopic (exact) mass is 299 g/mol. The SMILES string of the molecule is CC(C)c1nccn1C[C@@H](O)COc1cccc2[nH]ccc12. The molecular formula is C17H21N3O2. The molecule has 1 atom stereocenters. The van der Waals surface area contributed by atoms with Gasteiger partial charge in [0.05, 0.1) is 6.54 Å². The van der Waals surface area contributed by atoms with Gasteiger partial charge in [0.1, 0.15) is 24.3 Å². The fourth-order valence-electron chi connectivity index (χ4n) is 2.62. The average Bonchev–Trinajstić information content (AvgIpc) is 3.13. The second-order valence-electron chi connectivity index (χ2n) is 5.75. The quantitative estimate of drug-likeness (QED) is 0.735. The summed E-state index contributed by atoms with van der Waals surface area (Å²) >= 11 is 0. The molecule has 0 aliphatic carbocycles. The summed E-state index contributed by atoms with van der Waals surface area (Å²) in [6.45, 7) is 4.92. The Morgan fingerprint density at radius 2 is 2.18 bits per heavy atom. The molecule has 2 N–H and O–H groups in total. The summed E-state index contributed by atoms with van der Waals surface area (Å²) in [5.74, 6) is 2.09. The summed E-state index contributed by atoms with van der Waals surface area (Å²) in [5.41, 5.74) is 1.03. The van der Waals surface area contributed by atoms with Gasteiger partial charge in [0.2, 0.25) is 0 Å². The zero-order chi connectivity index (χ0) is 15.5. The van der Waals surface area contributed by atoms with Gasteiger partial charge in [-0.2, -0.15) is 0 Å². The fourth-order valence-corrected chi connectivity index (χ4v) is 2.62. The van der Waals surface area contributed by atoms with Gasteiger partial charge in [-0.05, 0) is 18.2 Å². The molecule has 0 unspecified atom stereocenters. The summed E-state index contributed by atoms with van der Waals surface area (Å²) in [6, 6.07) is 7.83. The van der Waals surface area contributed by atoms with E-state index < -0.39 is 6.10 Å². The molecule has 116 valence electrons. The maximum Gasteiger partial charge on any atom is 0.128 e. The summed E-state index contributed by atoms with van der Waals surface area (Å²) in [6.07, 6.45) is 4.96. The third kappa shape index (κ3) is 2.99. The maximum absolute atomic E-state index is 10.2. The van der Waals surface area contributed by atoms with Crippen molar-refractivity contribution in [3.8, 4) is 5.75 Å². The van der Waals surface area contributed by atoms with Crippen molar-refractivity contribution in [1.29, 1.82) is 0 Å². The van der Waals surface area contributed by atoms with Crippen molar-refractivity contribution in [1.82, 2.24) is 14.5 Å². The van der Waals surface area contributed by atoms with E-state index >= 15 is 0 Å². The molecule has 5 nitrogen and oxygen atoms in total. The molecule has 0 aliphatic heterocycles. The molecule has 1 aromatic carbocycles. The number of hydrogen-bond acceptors (Lipinski definition) is 3. The lowest BCUT2D eigenvalue weighted by atomic mass is 10.2. The lowest BCUT2D eigenvalue weighted by Gasteiger charge is -2.16. The first-order valence-electron chi connectivity index (χ1n) is 7.53. The Bertz CT molecular complexity index is 745. The predicted octanol–water partition coefficient (Wildman–Crippen LogP) is 2.93. The van der Waals surface area contributed by atoms with Crippen molar-refractivity contribution in [2.24, 2.45) is 0 Å². The summed E-state index contributed by atoms with van der Waals surface area (Å²) in [7, 11) is 0. The molecule has 0 saturated carbocycles. The van der Waals surface area contributed by atoms with Gasteiger partial charge < -0.3 is 19.4 Å². The van der Waals surface area contributed by atoms with Crippen molar-refractivity contribution >= 4 is 10.9 Å². The van der Waals surface area contributed by atoms with Crippen molar-refractivity contribution in [2.75, 3.05) is 6.61 Å². The highest BCUT2D eigenvalue weighted by Crippen LogP contribution is 2.24. The van der Waals surface area contributed by atoms with E-state index in [4.69, 9.17) is 4.74 Å². The third-order valence-corrected chi connectivity index (χ3v) is 3.66. The topological polar surface area (TPSA) is 63.1 Å². The lowest BCUT2D eigenvalue weighted by molar-refractivity contribution is 0.0923. The molecule has 3 rings (SSSR count). The average molecular weight is 299 g/mol. The molecule has 22 heavy (non-hydrogen) atoms. The number of aromatic amines is 1. The first kappa shape index (κ1) is 14.7. The van der Waals surface area contributed by atoms with E-state index in [0.717, 1.165) is 22.5 Å². The number of rotatable bonds is 6. The minimum absolute atomic E-state index is 0.250. The highest BCUT2D eigenvalue weighted by Gasteiger charge is 2.12. The minimum atomic E-state index is -0.583. The number of aliphatic hydroxyl groups is 1. The van der Waals surface area contributed by atoms with Crippen LogP contribution in [0.5, 0.6) is 5.75 Å². The van der Waals surface area contributed by atoms with Crippen LogP contribution in [0.4, 0.5) is 0 Å². The van der Waals surface area contributed by atoms with Gasteiger partial charge in [-0.15, -0.1) is 0 Å². The summed E-state index contributed by atoms with van der Waals surface area (Å²) in [4.78, 5) is 7.48. The Morgan fingerprint density at radius 1 is 1.32 bits per heavy atom. The largest absolute Gasteiger partial charge is 0.490 e. The number of aliphatic hydroxyl groups excluding tert-OH is 1. The predicted molar refractivity (Wildman–Crippen MR) is 86.1 cm³/mol. The first-order chi connectivity index (χ1) is 10.6. The molecule has 3 aromatic rings. The van der Waals surface area contributed by atoms with Gasteiger partial charge >= 0.3 is 0 Å². The number of imidazole rings is 1. The van der Waals surface area contributed by atoms with Gasteiger partial charge in [-0.25, -0.2) is 4.98 Å². The van der Waals surface area contributed by atoms with E-state index in [2.05, 4.69) is 23.8 Å². The highest BCUT2D eigenvalue weighted by atomic mass is 16.5. The van der Waals surface area contributed by atoms with Crippen LogP contribution >= 0.6 is 0 Å². The first-order valence-corrected chi connectivity index (χ1v) is 7.53. The van der Waals surface area contributed by atoms with Crippen molar-refractivity contribution in [3.05, 3.63) is 48.7 Å². The molecule has 0 amide bonds. The molecule has 5 heteroatoms. The lowest BCUT2D eigenvalue weighted by Crippen LogP contribution is -2.24. The van der Waals surface area contributed by atoms with E-state index in [1.54, 1.807) is 6.20 Å². The molecule has 0 aliphatic rings. The third-order valence-electron chi connectivity index (χ3n) is 3.66. The van der Waals surface area contributed by atoms with Crippen LogP contribution in [-0.2, 0) is 6.54 Å². The Hall–Kier alpha value is -2.27. The number of H-pyrrole nitrogens is 1. The van der Waals surface area contributed by atoms with Gasteiger partial charge in [0.25, 0.3) is 0 Å². The zero-order valence-corrected chi connectivity index (χ0v) is 12.9. The van der Waals surface area contributed by atoms with Gasteiger partial charge in [-0.3, -0.25) is 0 Å². The number of ether oxygens (including phenoxy) is 1. The van der Waals surface area contributed by atoms with Crippen LogP contribution in [-0.4, -0.2) is 32.4 Å². The van der Waals surface area contributed by atoms with Crippen molar-refractivity contribution in [3.63, 3.8) is 0 Å². The van der Waals surface area contributed by atoms with Crippen LogP contribution in [0.25, 0.3) is 10.9 Å². The highest BCUT2D eigenvalue weighted by molar-refractivity contribution is 5.85. The molecule has 0 fully saturated rings. The zero-order valence-electron chi connectivity index (χ0n) is 12.9. The van der Waals surface area contributed by atoms with E-state index in [1.165, 1.54) is 0 Å². The molecule has 2 aromatic heterocycles. The Balaban J connectivity index is 1.64. The second-order valence-corrected chi connectivity index (χ2v) is 5.75. The number of nitrogens with one attached hydrogen (secondary N) is 1. The van der Waals surface area contributed by atoms with Crippen LogP contribution in [0.3, 0.4) is 0 Å². The summed E-state index contributed by atoms with van der Waals surface area (Å²) < 4.78 is 7.77. The second kappa shape index (κ2) is 6.23. The Labute approximate surface area is 129 Å². The number of nitrogens with zero attached hydrogens (tertiary/aromatic N) is 2. The van der Waals surface area contributed by atoms with Gasteiger partial charge in [0, 0.05) is 35.4 Å². The van der Waals surface area contributed by atoms with Crippen LogP contribution in [0.1, 0.15) is 25.6 Å². The number of benzene rings is 1. The molecule has 2 heterocycles. The number of hydrogen-bond donors (Lipinski definition) is 2. The van der Waals surface area contributed by atoms with E-state index in [-0.39, 0.29) is 6.61 Å². The molecular weight excluding hydrogens is 278 g/mol. The molecule has 0 bridgehead atoms. The molecule has 0 spiro atoms. The maximum atomic E-state index is 10.2. The Kier molecular flexibility index (Phi) is 4.15. The standard InChI is InChI=1S/C17H21N3O2/c1-12(2)17-19-8-9-20(17)10-13(21)11-22-16-5-3-4-15-14(16)6-7-18-15/h3-9,12-13,18,21H,10-11H2,1-2H3/t13-/m1/s1. The van der Waals surface area contributed by atoms with E-state index in [1.807, 2.05) is 41.2 Å². The smallest absolute Gasteiger partial charge is 0.128 e. The van der Waals surface area contributed by atoms with E-state index in [9.17, 15) is 5.11 Å². The van der Waals surface area contributed by atoms with Gasteiger partial charge in [0.15, 0.2) is 0 Å². The van der Waals surface area contributed by atoms with Crippen LogP contribution in [0.15, 0.2) is 42.9 Å². The minimum Gasteiger partial charge on any atom is -0.490 e.